The molecule has 0 aliphatic heterocycles. The highest BCUT2D eigenvalue weighted by Crippen LogP contribution is 2.18. The number of hydrogen-bond acceptors (Lipinski definition) is 4. The zero-order valence-electron chi connectivity index (χ0n) is 8.75. The van der Waals surface area contributed by atoms with E-state index in [0.29, 0.717) is 5.75 Å². The first-order chi connectivity index (χ1) is 8.15. The Hall–Kier alpha value is -1.92. The lowest BCUT2D eigenvalue weighted by Crippen LogP contribution is -2.29. The normalized spacial score (nSPS) is 10.1. The summed E-state index contributed by atoms with van der Waals surface area (Å²) in [6, 6.07) is 8.60. The Bertz CT molecular complexity index is 504. The first-order valence-electron chi connectivity index (χ1n) is 4.90. The molecule has 86 valence electrons. The van der Waals surface area contributed by atoms with Gasteiger partial charge in [-0.1, -0.05) is 12.1 Å². The largest absolute Gasteiger partial charge is 0.490 e. The van der Waals surface area contributed by atoms with Crippen LogP contribution in [0.1, 0.15) is 0 Å². The first-order valence-corrected chi connectivity index (χ1v) is 4.90. The molecular formula is C11H9BFNO3. The van der Waals surface area contributed by atoms with Gasteiger partial charge in [-0.3, -0.25) is 0 Å². The van der Waals surface area contributed by atoms with Gasteiger partial charge in [-0.25, -0.2) is 9.37 Å². The second kappa shape index (κ2) is 4.94. The van der Waals surface area contributed by atoms with Crippen LogP contribution >= 0.6 is 0 Å². The van der Waals surface area contributed by atoms with Crippen LogP contribution in [0.2, 0.25) is 0 Å². The first kappa shape index (κ1) is 11.6. The van der Waals surface area contributed by atoms with E-state index in [9.17, 15) is 4.39 Å². The Morgan fingerprint density at radius 3 is 2.59 bits per heavy atom. The molecule has 2 aromatic rings. The van der Waals surface area contributed by atoms with Crippen LogP contribution in [0.15, 0.2) is 42.6 Å². The van der Waals surface area contributed by atoms with Gasteiger partial charge in [-0.2, -0.15) is 0 Å². The average molecular weight is 233 g/mol. The lowest BCUT2D eigenvalue weighted by atomic mass is 9.82. The minimum absolute atomic E-state index is 0.250. The van der Waals surface area contributed by atoms with Gasteiger partial charge in [0.05, 0.1) is 0 Å². The highest BCUT2D eigenvalue weighted by molar-refractivity contribution is 6.58. The van der Waals surface area contributed by atoms with Crippen molar-refractivity contribution in [1.82, 2.24) is 4.98 Å². The zero-order valence-corrected chi connectivity index (χ0v) is 8.75. The second-order valence-corrected chi connectivity index (χ2v) is 3.36. The fourth-order valence-electron chi connectivity index (χ4n) is 1.26. The summed E-state index contributed by atoms with van der Waals surface area (Å²) in [5.74, 6) is 0.180. The van der Waals surface area contributed by atoms with Gasteiger partial charge in [0.1, 0.15) is 11.6 Å². The quantitative estimate of drug-likeness (QED) is 0.765. The standard InChI is InChI=1S/C11H9BFNO3/c13-9-2-1-3-10(6-9)17-11-5-4-8(7-14-11)12(15)16/h1-7,15-16H. The van der Waals surface area contributed by atoms with Crippen LogP contribution in [0.5, 0.6) is 11.6 Å². The number of benzene rings is 1. The summed E-state index contributed by atoms with van der Waals surface area (Å²) in [5, 5.41) is 17.7. The predicted octanol–water partition coefficient (Wildman–Crippen LogP) is 0.693. The van der Waals surface area contributed by atoms with Gasteiger partial charge in [0.2, 0.25) is 5.88 Å². The van der Waals surface area contributed by atoms with Crippen molar-refractivity contribution in [2.75, 3.05) is 0 Å². The van der Waals surface area contributed by atoms with E-state index < -0.39 is 12.9 Å². The van der Waals surface area contributed by atoms with Crippen molar-refractivity contribution in [3.8, 4) is 11.6 Å². The highest BCUT2D eigenvalue weighted by atomic mass is 19.1. The molecule has 2 rings (SSSR count). The van der Waals surface area contributed by atoms with Crippen molar-refractivity contribution in [1.29, 1.82) is 0 Å². The zero-order chi connectivity index (χ0) is 12.3. The number of hydrogen-bond donors (Lipinski definition) is 2. The summed E-state index contributed by atoms with van der Waals surface area (Å²) < 4.78 is 18.2. The van der Waals surface area contributed by atoms with E-state index in [2.05, 4.69) is 4.98 Å². The van der Waals surface area contributed by atoms with E-state index in [1.54, 1.807) is 6.07 Å². The van der Waals surface area contributed by atoms with Crippen molar-refractivity contribution in [2.24, 2.45) is 0 Å². The van der Waals surface area contributed by atoms with E-state index in [0.717, 1.165) is 0 Å². The smallest absolute Gasteiger partial charge is 0.439 e. The highest BCUT2D eigenvalue weighted by Gasteiger charge is 2.11. The predicted molar refractivity (Wildman–Crippen MR) is 60.5 cm³/mol. The topological polar surface area (TPSA) is 62.6 Å². The van der Waals surface area contributed by atoms with E-state index in [1.165, 1.54) is 36.5 Å². The number of ether oxygens (including phenoxy) is 1. The van der Waals surface area contributed by atoms with E-state index in [4.69, 9.17) is 14.8 Å². The number of nitrogens with zero attached hydrogens (tertiary/aromatic N) is 1. The maximum absolute atomic E-state index is 12.9. The molecule has 0 spiro atoms. The molecule has 0 amide bonds. The third kappa shape index (κ3) is 3.02. The lowest BCUT2D eigenvalue weighted by Gasteiger charge is -2.05. The van der Waals surface area contributed by atoms with E-state index in [-0.39, 0.29) is 11.3 Å². The minimum Gasteiger partial charge on any atom is -0.439 e. The molecule has 4 nitrogen and oxygen atoms in total. The molecule has 17 heavy (non-hydrogen) atoms. The average Bonchev–Trinajstić information content (AvgIpc) is 2.29. The summed E-state index contributed by atoms with van der Waals surface area (Å²) >= 11 is 0. The Morgan fingerprint density at radius 2 is 2.00 bits per heavy atom. The van der Waals surface area contributed by atoms with Gasteiger partial charge in [-0.05, 0) is 12.1 Å². The van der Waals surface area contributed by atoms with Crippen molar-refractivity contribution in [2.45, 2.75) is 0 Å². The fraction of sp³-hybridized carbons (Fsp3) is 0. The lowest BCUT2D eigenvalue weighted by molar-refractivity contribution is 0.425. The molecule has 0 aliphatic carbocycles. The Balaban J connectivity index is 2.14. The van der Waals surface area contributed by atoms with E-state index >= 15 is 0 Å². The van der Waals surface area contributed by atoms with E-state index in [1.807, 2.05) is 0 Å². The molecule has 1 aromatic carbocycles. The van der Waals surface area contributed by atoms with Crippen LogP contribution in [-0.4, -0.2) is 22.2 Å². The van der Waals surface area contributed by atoms with Crippen LogP contribution in [-0.2, 0) is 0 Å². The molecule has 0 bridgehead atoms. The van der Waals surface area contributed by atoms with Gasteiger partial charge in [-0.15, -0.1) is 0 Å². The molecule has 0 fully saturated rings. The number of rotatable bonds is 3. The molecule has 0 saturated carbocycles. The summed E-state index contributed by atoms with van der Waals surface area (Å²) in [6.07, 6.45) is 1.28. The SMILES string of the molecule is OB(O)c1ccc(Oc2cccc(F)c2)nc1. The van der Waals surface area contributed by atoms with Crippen molar-refractivity contribution in [3.05, 3.63) is 48.4 Å². The molecule has 0 saturated heterocycles. The van der Waals surface area contributed by atoms with Crippen LogP contribution in [0.3, 0.4) is 0 Å². The number of pyridine rings is 1. The third-order valence-corrected chi connectivity index (χ3v) is 2.08. The monoisotopic (exact) mass is 233 g/mol. The van der Waals surface area contributed by atoms with Gasteiger partial charge in [0.25, 0.3) is 0 Å². The Morgan fingerprint density at radius 1 is 1.18 bits per heavy atom. The van der Waals surface area contributed by atoms with Crippen molar-refractivity contribution < 1.29 is 19.2 Å². The minimum atomic E-state index is -1.56. The summed E-state index contributed by atoms with van der Waals surface area (Å²) in [5.41, 5.74) is 0.261. The third-order valence-electron chi connectivity index (χ3n) is 2.08. The Labute approximate surface area is 97.5 Å². The van der Waals surface area contributed by atoms with Gasteiger partial charge < -0.3 is 14.8 Å². The van der Waals surface area contributed by atoms with Crippen LogP contribution in [0.4, 0.5) is 4.39 Å². The maximum atomic E-state index is 12.9. The molecule has 0 radical (unpaired) electrons. The van der Waals surface area contributed by atoms with Crippen LogP contribution in [0.25, 0.3) is 0 Å². The number of aromatic nitrogens is 1. The maximum Gasteiger partial charge on any atom is 0.490 e. The Kier molecular flexibility index (Phi) is 3.36. The van der Waals surface area contributed by atoms with Crippen LogP contribution in [0, 0.1) is 5.82 Å². The van der Waals surface area contributed by atoms with Crippen LogP contribution < -0.4 is 10.2 Å². The molecule has 2 N–H and O–H groups in total. The van der Waals surface area contributed by atoms with Gasteiger partial charge in [0.15, 0.2) is 0 Å². The summed E-state index contributed by atoms with van der Waals surface area (Å²) in [6.45, 7) is 0. The van der Waals surface area contributed by atoms with Crippen molar-refractivity contribution in [3.63, 3.8) is 0 Å². The van der Waals surface area contributed by atoms with Gasteiger partial charge in [0, 0.05) is 23.8 Å². The number of halogens is 1. The molecular weight excluding hydrogens is 224 g/mol. The fourth-order valence-corrected chi connectivity index (χ4v) is 1.26. The molecule has 0 unspecified atom stereocenters. The summed E-state index contributed by atoms with van der Waals surface area (Å²) in [7, 11) is -1.56. The molecule has 0 aliphatic rings. The molecule has 6 heteroatoms. The summed E-state index contributed by atoms with van der Waals surface area (Å²) in [4.78, 5) is 3.86. The molecule has 1 heterocycles. The molecule has 1 aromatic heterocycles. The van der Waals surface area contributed by atoms with Crippen molar-refractivity contribution >= 4 is 12.6 Å². The second-order valence-electron chi connectivity index (χ2n) is 3.36. The molecule has 0 atom stereocenters. The van der Waals surface area contributed by atoms with Gasteiger partial charge >= 0.3 is 7.12 Å².